The first-order chi connectivity index (χ1) is 8.22. The number of rotatable bonds is 3. The highest BCUT2D eigenvalue weighted by molar-refractivity contribution is 9.10. The third-order valence-electron chi connectivity index (χ3n) is 2.66. The van der Waals surface area contributed by atoms with Gasteiger partial charge in [-0.3, -0.25) is 0 Å². The Morgan fingerprint density at radius 1 is 1.18 bits per heavy atom. The maximum absolute atomic E-state index is 4.43. The summed E-state index contributed by atoms with van der Waals surface area (Å²) in [4.78, 5) is 6.61. The van der Waals surface area contributed by atoms with E-state index in [2.05, 4.69) is 63.9 Å². The minimum Gasteiger partial charge on any atom is -0.326 e. The Hall–Kier alpha value is -1.35. The van der Waals surface area contributed by atoms with Crippen molar-refractivity contribution in [2.24, 2.45) is 0 Å². The molecule has 2 rings (SSSR count). The number of hydrogen-bond acceptors (Lipinski definition) is 2. The number of aromatic nitrogens is 1. The molecule has 0 aliphatic rings. The molecule has 0 saturated heterocycles. The van der Waals surface area contributed by atoms with E-state index in [-0.39, 0.29) is 0 Å². The van der Waals surface area contributed by atoms with Gasteiger partial charge in [0, 0.05) is 18.4 Å². The Morgan fingerprint density at radius 3 is 2.47 bits per heavy atom. The highest BCUT2D eigenvalue weighted by atomic mass is 79.9. The number of halogens is 1. The Morgan fingerprint density at radius 2 is 1.88 bits per heavy atom. The molecule has 0 unspecified atom stereocenters. The van der Waals surface area contributed by atoms with Crippen molar-refractivity contribution in [2.45, 2.75) is 13.8 Å². The normalized spacial score (nSPS) is 10.3. The Labute approximate surface area is 110 Å². The van der Waals surface area contributed by atoms with Crippen molar-refractivity contribution in [3.05, 3.63) is 52.6 Å². The van der Waals surface area contributed by atoms with Crippen LogP contribution in [0.1, 0.15) is 12.5 Å². The van der Waals surface area contributed by atoms with E-state index in [1.165, 1.54) is 5.56 Å². The van der Waals surface area contributed by atoms with Crippen molar-refractivity contribution >= 4 is 27.4 Å². The molecule has 0 atom stereocenters. The first-order valence-corrected chi connectivity index (χ1v) is 6.46. The molecule has 0 radical (unpaired) electrons. The lowest BCUT2D eigenvalue weighted by atomic mass is 10.2. The molecule has 3 heteroatoms. The lowest BCUT2D eigenvalue weighted by molar-refractivity contribution is 0.984. The third-order valence-corrected chi connectivity index (χ3v) is 3.28. The van der Waals surface area contributed by atoms with Gasteiger partial charge in [-0.1, -0.05) is 17.7 Å². The third kappa shape index (κ3) is 2.67. The molecule has 88 valence electrons. The fourth-order valence-corrected chi connectivity index (χ4v) is 2.22. The number of nitrogens with zero attached hydrogens (tertiary/aromatic N) is 2. The van der Waals surface area contributed by atoms with Crippen LogP contribution in [0.5, 0.6) is 0 Å². The molecule has 1 heterocycles. The maximum Gasteiger partial charge on any atom is 0.147 e. The zero-order valence-corrected chi connectivity index (χ0v) is 11.6. The van der Waals surface area contributed by atoms with Crippen LogP contribution in [-0.4, -0.2) is 11.5 Å². The zero-order valence-electron chi connectivity index (χ0n) is 10.0. The molecule has 0 N–H and O–H groups in total. The van der Waals surface area contributed by atoms with Crippen molar-refractivity contribution in [3.8, 4) is 0 Å². The van der Waals surface area contributed by atoms with Crippen molar-refractivity contribution < 1.29 is 0 Å². The Balaban J connectivity index is 2.40. The molecule has 0 fully saturated rings. The highest BCUT2D eigenvalue weighted by Crippen LogP contribution is 2.29. The van der Waals surface area contributed by atoms with Gasteiger partial charge in [0.15, 0.2) is 0 Å². The van der Waals surface area contributed by atoms with Gasteiger partial charge in [-0.25, -0.2) is 4.98 Å². The van der Waals surface area contributed by atoms with Crippen LogP contribution < -0.4 is 4.90 Å². The van der Waals surface area contributed by atoms with Gasteiger partial charge in [-0.15, -0.1) is 0 Å². The zero-order chi connectivity index (χ0) is 12.3. The van der Waals surface area contributed by atoms with Gasteiger partial charge in [0.05, 0.1) is 4.47 Å². The van der Waals surface area contributed by atoms with Crippen LogP contribution in [0.15, 0.2) is 47.1 Å². The summed E-state index contributed by atoms with van der Waals surface area (Å²) in [6.45, 7) is 5.11. The molecule has 0 spiro atoms. The number of benzene rings is 1. The number of hydrogen-bond donors (Lipinski definition) is 0. The van der Waals surface area contributed by atoms with E-state index in [9.17, 15) is 0 Å². The largest absolute Gasteiger partial charge is 0.326 e. The molecule has 0 bridgehead atoms. The fourth-order valence-electron chi connectivity index (χ4n) is 1.76. The van der Waals surface area contributed by atoms with Crippen LogP contribution in [0, 0.1) is 6.92 Å². The summed E-state index contributed by atoms with van der Waals surface area (Å²) >= 11 is 3.55. The standard InChI is InChI=1S/C14H15BrN2/c1-3-17(12-8-6-11(2)7-9-12)14-13(15)5-4-10-16-14/h4-10H,3H2,1-2H3. The molecular formula is C14H15BrN2. The van der Waals surface area contributed by atoms with Crippen molar-refractivity contribution in [2.75, 3.05) is 11.4 Å². The second kappa shape index (κ2) is 5.32. The minimum absolute atomic E-state index is 0.888. The number of aryl methyl sites for hydroxylation is 1. The predicted molar refractivity (Wildman–Crippen MR) is 75.8 cm³/mol. The number of anilines is 2. The molecule has 1 aromatic heterocycles. The van der Waals surface area contributed by atoms with Gasteiger partial charge in [0.25, 0.3) is 0 Å². The lowest BCUT2D eigenvalue weighted by Crippen LogP contribution is -2.17. The van der Waals surface area contributed by atoms with Gasteiger partial charge < -0.3 is 4.90 Å². The van der Waals surface area contributed by atoms with Gasteiger partial charge >= 0.3 is 0 Å². The van der Waals surface area contributed by atoms with Crippen LogP contribution in [0.2, 0.25) is 0 Å². The summed E-state index contributed by atoms with van der Waals surface area (Å²) in [7, 11) is 0. The second-order valence-electron chi connectivity index (χ2n) is 3.89. The molecule has 0 aliphatic carbocycles. The van der Waals surface area contributed by atoms with E-state index in [0.717, 1.165) is 22.5 Å². The van der Waals surface area contributed by atoms with Crippen molar-refractivity contribution in [1.29, 1.82) is 0 Å². The molecule has 2 aromatic rings. The minimum atomic E-state index is 0.888. The molecular weight excluding hydrogens is 276 g/mol. The van der Waals surface area contributed by atoms with E-state index in [0.29, 0.717) is 0 Å². The SMILES string of the molecule is CCN(c1ccc(C)cc1)c1ncccc1Br. The topological polar surface area (TPSA) is 16.1 Å². The van der Waals surface area contributed by atoms with Gasteiger partial charge in [0.1, 0.15) is 5.82 Å². The molecule has 0 aliphatic heterocycles. The summed E-state index contributed by atoms with van der Waals surface area (Å²) in [5.41, 5.74) is 2.43. The predicted octanol–water partition coefficient (Wildman–Crippen LogP) is 4.31. The van der Waals surface area contributed by atoms with E-state index in [1.807, 2.05) is 18.3 Å². The van der Waals surface area contributed by atoms with E-state index >= 15 is 0 Å². The van der Waals surface area contributed by atoms with Crippen LogP contribution in [0.3, 0.4) is 0 Å². The number of pyridine rings is 1. The van der Waals surface area contributed by atoms with Crippen LogP contribution in [0.4, 0.5) is 11.5 Å². The molecule has 2 nitrogen and oxygen atoms in total. The average molecular weight is 291 g/mol. The van der Waals surface area contributed by atoms with Gasteiger partial charge in [-0.2, -0.15) is 0 Å². The summed E-state index contributed by atoms with van der Waals surface area (Å²) in [6.07, 6.45) is 1.82. The van der Waals surface area contributed by atoms with Gasteiger partial charge in [-0.05, 0) is 54.0 Å². The summed E-state index contributed by atoms with van der Waals surface area (Å²) < 4.78 is 1.02. The summed E-state index contributed by atoms with van der Waals surface area (Å²) in [5.74, 6) is 0.957. The monoisotopic (exact) mass is 290 g/mol. The van der Waals surface area contributed by atoms with Crippen LogP contribution in [-0.2, 0) is 0 Å². The average Bonchev–Trinajstić information content (AvgIpc) is 2.35. The molecule has 0 amide bonds. The van der Waals surface area contributed by atoms with Crippen molar-refractivity contribution in [1.82, 2.24) is 4.98 Å². The fraction of sp³-hybridized carbons (Fsp3) is 0.214. The first-order valence-electron chi connectivity index (χ1n) is 5.67. The Bertz CT molecular complexity index is 494. The maximum atomic E-state index is 4.43. The quantitative estimate of drug-likeness (QED) is 0.837. The summed E-state index contributed by atoms with van der Waals surface area (Å²) in [6, 6.07) is 12.4. The molecule has 1 aromatic carbocycles. The second-order valence-corrected chi connectivity index (χ2v) is 4.74. The molecule has 0 saturated carbocycles. The van der Waals surface area contributed by atoms with Crippen molar-refractivity contribution in [3.63, 3.8) is 0 Å². The van der Waals surface area contributed by atoms with E-state index in [4.69, 9.17) is 0 Å². The lowest BCUT2D eigenvalue weighted by Gasteiger charge is -2.23. The summed E-state index contributed by atoms with van der Waals surface area (Å²) in [5, 5.41) is 0. The van der Waals surface area contributed by atoms with Crippen LogP contribution >= 0.6 is 15.9 Å². The first kappa shape index (κ1) is 12.1. The highest BCUT2D eigenvalue weighted by Gasteiger charge is 2.11. The smallest absolute Gasteiger partial charge is 0.147 e. The van der Waals surface area contributed by atoms with Crippen LogP contribution in [0.25, 0.3) is 0 Å². The van der Waals surface area contributed by atoms with E-state index in [1.54, 1.807) is 0 Å². The van der Waals surface area contributed by atoms with E-state index < -0.39 is 0 Å². The van der Waals surface area contributed by atoms with Gasteiger partial charge in [0.2, 0.25) is 0 Å². The Kier molecular flexibility index (Phi) is 3.79. The molecule has 17 heavy (non-hydrogen) atoms.